The fraction of sp³-hybridized carbons (Fsp3) is 0.321. The quantitative estimate of drug-likeness (QED) is 0.397. The minimum Gasteiger partial charge on any atom is -0.350 e. The van der Waals surface area contributed by atoms with Crippen molar-refractivity contribution in [2.24, 2.45) is 4.99 Å². The number of nitrogens with one attached hydrogen (secondary N) is 3. The predicted molar refractivity (Wildman–Crippen MR) is 139 cm³/mol. The average Bonchev–Trinajstić information content (AvgIpc) is 3.66. The van der Waals surface area contributed by atoms with Crippen LogP contribution in [0.25, 0.3) is 22.3 Å². The first-order valence-corrected chi connectivity index (χ1v) is 12.7. The van der Waals surface area contributed by atoms with E-state index in [-0.39, 0.29) is 12.0 Å². The Bertz CT molecular complexity index is 1490. The molecule has 2 aliphatic heterocycles. The number of fused-ring (bicyclic) bond motifs is 2. The summed E-state index contributed by atoms with van der Waals surface area (Å²) in [5.74, 6) is 1.10. The first-order valence-electron chi connectivity index (χ1n) is 12.7. The van der Waals surface area contributed by atoms with E-state index in [4.69, 9.17) is 4.99 Å². The van der Waals surface area contributed by atoms with Gasteiger partial charge in [-0.1, -0.05) is 12.1 Å². The van der Waals surface area contributed by atoms with Gasteiger partial charge >= 0.3 is 0 Å². The standard InChI is InChI=1S/C28H28FN7/c1-16-13-30-10-11-36(16)28-25-21(17-6-7-17)14-31-15-24(25)34-27(35-28)18-8-9-32-26-20(18)12-23(33-26)19-4-2-3-5-22(19)29/h2-5,8-9,12,14-17,28,30H,6-7,10-11,13H2,1H3,(H,32,33)(H,34,35). The highest BCUT2D eigenvalue weighted by Crippen LogP contribution is 2.47. The van der Waals surface area contributed by atoms with Gasteiger partial charge in [0.15, 0.2) is 0 Å². The maximum atomic E-state index is 14.5. The molecule has 7 rings (SSSR count). The molecule has 5 heterocycles. The molecule has 1 aromatic carbocycles. The number of aliphatic imine (C=N–C) groups is 1. The van der Waals surface area contributed by atoms with Gasteiger partial charge in [0.25, 0.3) is 0 Å². The Labute approximate surface area is 208 Å². The maximum absolute atomic E-state index is 14.5. The SMILES string of the molecule is CC1CNCCN1C1NC(c2ccnc3[nH]c(-c4ccccc4F)cc23)=Nc2cncc(C3CC3)c21. The molecule has 1 saturated heterocycles. The number of rotatable bonds is 4. The second-order valence-corrected chi connectivity index (χ2v) is 10.0. The number of benzene rings is 1. The average molecular weight is 482 g/mol. The molecular weight excluding hydrogens is 453 g/mol. The van der Waals surface area contributed by atoms with Gasteiger partial charge in [-0.2, -0.15) is 0 Å². The largest absolute Gasteiger partial charge is 0.350 e. The van der Waals surface area contributed by atoms with Crippen molar-refractivity contribution in [3.63, 3.8) is 0 Å². The van der Waals surface area contributed by atoms with Gasteiger partial charge in [0, 0.05) is 60.1 Å². The summed E-state index contributed by atoms with van der Waals surface area (Å²) in [5.41, 5.74) is 6.38. The smallest absolute Gasteiger partial charge is 0.138 e. The number of aromatic nitrogens is 3. The molecule has 7 nitrogen and oxygen atoms in total. The Hall–Kier alpha value is -3.62. The second-order valence-electron chi connectivity index (χ2n) is 10.0. The number of pyridine rings is 2. The third-order valence-electron chi connectivity index (χ3n) is 7.63. The topological polar surface area (TPSA) is 81.2 Å². The zero-order valence-corrected chi connectivity index (χ0v) is 20.1. The van der Waals surface area contributed by atoms with E-state index in [0.717, 1.165) is 42.1 Å². The van der Waals surface area contributed by atoms with Crippen LogP contribution in [0.2, 0.25) is 0 Å². The molecule has 3 aromatic heterocycles. The highest BCUT2D eigenvalue weighted by Gasteiger charge is 2.37. The summed E-state index contributed by atoms with van der Waals surface area (Å²) in [6, 6.07) is 11.1. The van der Waals surface area contributed by atoms with Gasteiger partial charge in [-0.05, 0) is 55.5 Å². The number of hydrogen-bond donors (Lipinski definition) is 3. The van der Waals surface area contributed by atoms with Gasteiger partial charge in [0.2, 0.25) is 0 Å². The van der Waals surface area contributed by atoms with Crippen molar-refractivity contribution < 1.29 is 4.39 Å². The van der Waals surface area contributed by atoms with Crippen molar-refractivity contribution in [3.8, 4) is 11.3 Å². The highest BCUT2D eigenvalue weighted by atomic mass is 19.1. The van der Waals surface area contributed by atoms with Crippen LogP contribution in [-0.2, 0) is 0 Å². The molecule has 0 spiro atoms. The van der Waals surface area contributed by atoms with Crippen LogP contribution in [0.3, 0.4) is 0 Å². The molecule has 1 aliphatic carbocycles. The lowest BCUT2D eigenvalue weighted by Gasteiger charge is -2.43. The van der Waals surface area contributed by atoms with E-state index >= 15 is 0 Å². The van der Waals surface area contributed by atoms with Gasteiger partial charge < -0.3 is 15.6 Å². The lowest BCUT2D eigenvalue weighted by Crippen LogP contribution is -2.55. The zero-order chi connectivity index (χ0) is 24.2. The molecule has 2 unspecified atom stereocenters. The van der Waals surface area contributed by atoms with E-state index in [9.17, 15) is 4.39 Å². The van der Waals surface area contributed by atoms with E-state index in [1.54, 1.807) is 18.3 Å². The number of piperazine rings is 1. The Balaban J connectivity index is 1.37. The monoisotopic (exact) mass is 481 g/mol. The van der Waals surface area contributed by atoms with Crippen molar-refractivity contribution in [1.82, 2.24) is 30.5 Å². The number of halogens is 1. The third-order valence-corrected chi connectivity index (χ3v) is 7.63. The van der Waals surface area contributed by atoms with Crippen molar-refractivity contribution >= 4 is 22.6 Å². The van der Waals surface area contributed by atoms with Crippen LogP contribution in [0.4, 0.5) is 10.1 Å². The van der Waals surface area contributed by atoms with E-state index in [1.807, 2.05) is 30.6 Å². The number of amidine groups is 1. The summed E-state index contributed by atoms with van der Waals surface area (Å²) < 4.78 is 14.5. The van der Waals surface area contributed by atoms with Gasteiger partial charge in [-0.15, -0.1) is 0 Å². The van der Waals surface area contributed by atoms with E-state index in [1.165, 1.54) is 30.0 Å². The highest BCUT2D eigenvalue weighted by molar-refractivity contribution is 6.11. The molecule has 0 radical (unpaired) electrons. The minimum atomic E-state index is -0.265. The molecule has 0 bridgehead atoms. The molecule has 1 saturated carbocycles. The first kappa shape index (κ1) is 21.6. The zero-order valence-electron chi connectivity index (χ0n) is 20.1. The minimum absolute atomic E-state index is 0.0106. The summed E-state index contributed by atoms with van der Waals surface area (Å²) in [6.45, 7) is 5.13. The van der Waals surface area contributed by atoms with Gasteiger partial charge in [-0.3, -0.25) is 9.88 Å². The molecule has 2 atom stereocenters. The molecule has 2 fully saturated rings. The molecule has 36 heavy (non-hydrogen) atoms. The Morgan fingerprint density at radius 3 is 2.81 bits per heavy atom. The second kappa shape index (κ2) is 8.50. The van der Waals surface area contributed by atoms with Crippen LogP contribution < -0.4 is 10.6 Å². The molecule has 3 N–H and O–H groups in total. The molecule has 182 valence electrons. The summed E-state index contributed by atoms with van der Waals surface area (Å²) in [6.07, 6.45) is 8.15. The molecule has 4 aromatic rings. The number of aromatic amines is 1. The van der Waals surface area contributed by atoms with Crippen LogP contribution in [-0.4, -0.2) is 51.4 Å². The summed E-state index contributed by atoms with van der Waals surface area (Å²) in [5, 5.41) is 8.22. The Morgan fingerprint density at radius 2 is 1.97 bits per heavy atom. The summed E-state index contributed by atoms with van der Waals surface area (Å²) >= 11 is 0. The van der Waals surface area contributed by atoms with Crippen LogP contribution in [0.15, 0.2) is 60.0 Å². The predicted octanol–water partition coefficient (Wildman–Crippen LogP) is 4.62. The van der Waals surface area contributed by atoms with Crippen LogP contribution in [0.1, 0.15) is 48.5 Å². The number of H-pyrrole nitrogens is 1. The maximum Gasteiger partial charge on any atom is 0.138 e. The van der Waals surface area contributed by atoms with Crippen molar-refractivity contribution in [2.45, 2.75) is 37.9 Å². The Kier molecular flexibility index (Phi) is 5.11. The molecular formula is C28H28FN7. The first-order chi connectivity index (χ1) is 17.7. The fourth-order valence-corrected chi connectivity index (χ4v) is 5.62. The van der Waals surface area contributed by atoms with Gasteiger partial charge in [-0.25, -0.2) is 14.4 Å². The Morgan fingerprint density at radius 1 is 1.08 bits per heavy atom. The molecule has 3 aliphatic rings. The van der Waals surface area contributed by atoms with Crippen LogP contribution in [0, 0.1) is 5.82 Å². The molecule has 8 heteroatoms. The normalized spacial score (nSPS) is 22.2. The van der Waals surface area contributed by atoms with Gasteiger partial charge in [0.1, 0.15) is 23.5 Å². The summed E-state index contributed by atoms with van der Waals surface area (Å²) in [4.78, 5) is 20.0. The van der Waals surface area contributed by atoms with Crippen molar-refractivity contribution in [1.29, 1.82) is 0 Å². The molecule has 0 amide bonds. The summed E-state index contributed by atoms with van der Waals surface area (Å²) in [7, 11) is 0. The van der Waals surface area contributed by atoms with E-state index in [0.29, 0.717) is 28.9 Å². The lowest BCUT2D eigenvalue weighted by atomic mass is 9.97. The van der Waals surface area contributed by atoms with Gasteiger partial charge in [0.05, 0.1) is 17.6 Å². The van der Waals surface area contributed by atoms with Crippen LogP contribution in [0.5, 0.6) is 0 Å². The van der Waals surface area contributed by atoms with Crippen molar-refractivity contribution in [3.05, 3.63) is 77.5 Å². The lowest BCUT2D eigenvalue weighted by molar-refractivity contribution is 0.106. The number of hydrogen-bond acceptors (Lipinski definition) is 6. The van der Waals surface area contributed by atoms with Crippen molar-refractivity contribution in [2.75, 3.05) is 19.6 Å². The number of nitrogens with zero attached hydrogens (tertiary/aromatic N) is 4. The van der Waals surface area contributed by atoms with E-state index in [2.05, 4.69) is 37.4 Å². The van der Waals surface area contributed by atoms with E-state index < -0.39 is 0 Å². The fourth-order valence-electron chi connectivity index (χ4n) is 5.62. The third kappa shape index (κ3) is 3.60. The van der Waals surface area contributed by atoms with Crippen LogP contribution >= 0.6 is 0 Å².